The quantitative estimate of drug-likeness (QED) is 0.295. The molecule has 0 N–H and O–H groups in total. The van der Waals surface area contributed by atoms with Gasteiger partial charge in [-0.1, -0.05) is 43.4 Å². The van der Waals surface area contributed by atoms with E-state index in [9.17, 15) is 0 Å². The van der Waals surface area contributed by atoms with Crippen molar-refractivity contribution in [3.8, 4) is 11.5 Å². The van der Waals surface area contributed by atoms with Crippen molar-refractivity contribution in [3.63, 3.8) is 0 Å². The van der Waals surface area contributed by atoms with E-state index in [0.717, 1.165) is 18.3 Å². The van der Waals surface area contributed by atoms with Gasteiger partial charge in [0.25, 0.3) is 0 Å². The van der Waals surface area contributed by atoms with Gasteiger partial charge in [0, 0.05) is 6.42 Å². The number of unbranched alkanes of at least 4 members (excludes halogenated alkanes) is 1. The molecule has 0 amide bonds. The van der Waals surface area contributed by atoms with Crippen LogP contribution in [0.25, 0.3) is 0 Å². The highest BCUT2D eigenvalue weighted by Crippen LogP contribution is 2.40. The van der Waals surface area contributed by atoms with Crippen LogP contribution < -0.4 is 0 Å². The maximum atomic E-state index is 3.44. The number of hydrogen-bond acceptors (Lipinski definition) is 0. The Morgan fingerprint density at radius 3 is 2.69 bits per heavy atom. The lowest BCUT2D eigenvalue weighted by Crippen LogP contribution is -2.16. The topological polar surface area (TPSA) is 0 Å². The third kappa shape index (κ3) is 3.12. The number of fused-ring (bicyclic) bond motifs is 2. The van der Waals surface area contributed by atoms with Gasteiger partial charge in [-0.3, -0.25) is 0 Å². The molecular formula is C15H22Si. The summed E-state index contributed by atoms with van der Waals surface area (Å²) in [7, 11) is -1.14. The van der Waals surface area contributed by atoms with Gasteiger partial charge in [-0.05, 0) is 31.1 Å². The van der Waals surface area contributed by atoms with Crippen molar-refractivity contribution in [1.29, 1.82) is 0 Å². The molecule has 16 heavy (non-hydrogen) atoms. The molecule has 0 saturated carbocycles. The van der Waals surface area contributed by atoms with E-state index in [0.29, 0.717) is 0 Å². The van der Waals surface area contributed by atoms with Crippen molar-refractivity contribution in [2.45, 2.75) is 45.3 Å². The van der Waals surface area contributed by atoms with Crippen LogP contribution in [0, 0.1) is 23.3 Å². The Labute approximate surface area is 101 Å². The van der Waals surface area contributed by atoms with Crippen molar-refractivity contribution in [3.05, 3.63) is 23.8 Å². The van der Waals surface area contributed by atoms with E-state index in [4.69, 9.17) is 0 Å². The maximum absolute atomic E-state index is 3.44. The molecule has 2 bridgehead atoms. The zero-order valence-electron chi connectivity index (χ0n) is 10.7. The fraction of sp³-hybridized carbons (Fsp3) is 0.600. The Kier molecular flexibility index (Phi) is 3.40. The third-order valence-electron chi connectivity index (χ3n) is 3.25. The van der Waals surface area contributed by atoms with E-state index in [1.807, 2.05) is 0 Å². The first kappa shape index (κ1) is 11.7. The molecule has 0 fully saturated rings. The Hall–Kier alpha value is -0.743. The number of hydrogen-bond donors (Lipinski definition) is 0. The summed E-state index contributed by atoms with van der Waals surface area (Å²) in [6, 6.07) is 0. The molecule has 0 aromatic heterocycles. The molecule has 0 spiro atoms. The smallest absolute Gasteiger partial charge is 0.129 e. The highest BCUT2D eigenvalue weighted by Gasteiger charge is 2.26. The summed E-state index contributed by atoms with van der Waals surface area (Å²) in [6.45, 7) is 6.93. The molecule has 1 heteroatoms. The van der Waals surface area contributed by atoms with Gasteiger partial charge in [0.1, 0.15) is 8.07 Å². The molecule has 2 aliphatic rings. The van der Waals surface area contributed by atoms with Gasteiger partial charge in [-0.2, -0.15) is 0 Å². The van der Waals surface area contributed by atoms with Crippen molar-refractivity contribution in [2.24, 2.45) is 11.8 Å². The first-order valence-corrected chi connectivity index (χ1v) is 9.93. The zero-order valence-corrected chi connectivity index (χ0v) is 11.7. The Morgan fingerprint density at radius 2 is 2.12 bits per heavy atom. The average Bonchev–Trinajstić information content (AvgIpc) is 2.76. The third-order valence-corrected chi connectivity index (χ3v) is 4.18. The normalized spacial score (nSPS) is 26.6. The van der Waals surface area contributed by atoms with Crippen LogP contribution >= 0.6 is 0 Å². The van der Waals surface area contributed by atoms with Gasteiger partial charge in [0.2, 0.25) is 0 Å². The van der Waals surface area contributed by atoms with E-state index in [2.05, 4.69) is 49.3 Å². The van der Waals surface area contributed by atoms with Gasteiger partial charge >= 0.3 is 0 Å². The second-order valence-corrected chi connectivity index (χ2v) is 10.8. The highest BCUT2D eigenvalue weighted by atomic mass is 28.3. The largest absolute Gasteiger partial charge is 0.132 e. The molecule has 2 aliphatic carbocycles. The van der Waals surface area contributed by atoms with Crippen LogP contribution in [0.4, 0.5) is 0 Å². The molecule has 0 radical (unpaired) electrons. The molecule has 0 saturated heterocycles. The minimum absolute atomic E-state index is 0.771. The maximum Gasteiger partial charge on any atom is 0.129 e. The summed E-state index contributed by atoms with van der Waals surface area (Å²) in [6.07, 6.45) is 12.2. The highest BCUT2D eigenvalue weighted by molar-refractivity contribution is 6.83. The molecule has 0 aromatic rings. The monoisotopic (exact) mass is 230 g/mol. The molecule has 0 aliphatic heterocycles. The predicted molar refractivity (Wildman–Crippen MR) is 73.8 cm³/mol. The second kappa shape index (κ2) is 4.63. The number of allylic oxidation sites excluding steroid dienone is 4. The molecule has 86 valence electrons. The van der Waals surface area contributed by atoms with Gasteiger partial charge in [-0.15, -0.1) is 11.5 Å². The Balaban J connectivity index is 1.70. The molecule has 2 rings (SSSR count). The van der Waals surface area contributed by atoms with Crippen LogP contribution in [-0.4, -0.2) is 8.07 Å². The summed E-state index contributed by atoms with van der Waals surface area (Å²) < 4.78 is 0. The summed E-state index contributed by atoms with van der Waals surface area (Å²) >= 11 is 0. The fourth-order valence-corrected chi connectivity index (χ4v) is 3.16. The van der Waals surface area contributed by atoms with E-state index < -0.39 is 8.07 Å². The minimum Gasteiger partial charge on any atom is -0.132 e. The molecule has 2 unspecified atom stereocenters. The molecule has 0 nitrogen and oxygen atoms in total. The van der Waals surface area contributed by atoms with E-state index in [1.165, 1.54) is 19.3 Å². The van der Waals surface area contributed by atoms with Crippen LogP contribution in [0.2, 0.25) is 19.6 Å². The summed E-state index contributed by atoms with van der Waals surface area (Å²) in [4.78, 5) is 0. The summed E-state index contributed by atoms with van der Waals surface area (Å²) in [5, 5.41) is 0. The van der Waals surface area contributed by atoms with E-state index in [1.54, 1.807) is 5.57 Å². The first-order valence-electron chi connectivity index (χ1n) is 6.43. The molecule has 2 atom stereocenters. The van der Waals surface area contributed by atoms with Crippen LogP contribution in [-0.2, 0) is 0 Å². The minimum atomic E-state index is -1.14. The lowest BCUT2D eigenvalue weighted by atomic mass is 9.98. The van der Waals surface area contributed by atoms with Gasteiger partial charge in [0.15, 0.2) is 0 Å². The van der Waals surface area contributed by atoms with Crippen molar-refractivity contribution >= 4 is 8.07 Å². The first-order chi connectivity index (χ1) is 7.54. The zero-order chi connectivity index (χ0) is 11.6. The lowest BCUT2D eigenvalue weighted by molar-refractivity contribution is 0.681. The van der Waals surface area contributed by atoms with Crippen LogP contribution in [0.3, 0.4) is 0 Å². The van der Waals surface area contributed by atoms with E-state index >= 15 is 0 Å². The molecule has 0 aromatic carbocycles. The molecular weight excluding hydrogens is 208 g/mol. The van der Waals surface area contributed by atoms with Crippen LogP contribution in [0.1, 0.15) is 25.7 Å². The van der Waals surface area contributed by atoms with Crippen LogP contribution in [0.5, 0.6) is 0 Å². The lowest BCUT2D eigenvalue weighted by Gasteiger charge is -2.08. The number of rotatable bonds is 3. The van der Waals surface area contributed by atoms with E-state index in [-0.39, 0.29) is 0 Å². The fourth-order valence-electron chi connectivity index (χ4n) is 2.50. The van der Waals surface area contributed by atoms with Gasteiger partial charge in [-0.25, -0.2) is 0 Å². The standard InChI is InChI=1S/C15H22Si/c1-16(2,3)10-6-4-5-7-14-11-13-8-9-15(14)12-13/h8-9,11,13,15H,4-5,7,12H2,1-3H3. The Morgan fingerprint density at radius 1 is 1.31 bits per heavy atom. The SMILES string of the molecule is C[Si](C)(C)C#CCCCC1=CC2C=CC1C2. The van der Waals surface area contributed by atoms with Crippen molar-refractivity contribution in [2.75, 3.05) is 0 Å². The van der Waals surface area contributed by atoms with Crippen molar-refractivity contribution < 1.29 is 0 Å². The van der Waals surface area contributed by atoms with Gasteiger partial charge < -0.3 is 0 Å². The van der Waals surface area contributed by atoms with Gasteiger partial charge in [0.05, 0.1) is 0 Å². The Bertz CT molecular complexity index is 370. The second-order valence-electron chi connectivity index (χ2n) is 6.04. The van der Waals surface area contributed by atoms with Crippen molar-refractivity contribution in [1.82, 2.24) is 0 Å². The predicted octanol–water partition coefficient (Wildman–Crippen LogP) is 4.17. The summed E-state index contributed by atoms with van der Waals surface area (Å²) in [5.74, 6) is 4.92. The average molecular weight is 230 g/mol. The summed E-state index contributed by atoms with van der Waals surface area (Å²) in [5.41, 5.74) is 5.12. The van der Waals surface area contributed by atoms with Crippen LogP contribution in [0.15, 0.2) is 23.8 Å². The molecule has 0 heterocycles.